The molecule has 2 N–H and O–H groups in total. The second-order valence-corrected chi connectivity index (χ2v) is 6.69. The van der Waals surface area contributed by atoms with E-state index in [9.17, 15) is 9.18 Å². The van der Waals surface area contributed by atoms with E-state index in [0.717, 1.165) is 51.3 Å². The molecule has 1 aromatic carbocycles. The van der Waals surface area contributed by atoms with Crippen molar-refractivity contribution in [2.24, 2.45) is 0 Å². The molecule has 0 saturated carbocycles. The molecule has 2 fully saturated rings. The number of carbonyl (C=O) groups excluding carboxylic acids is 1. The van der Waals surface area contributed by atoms with Gasteiger partial charge < -0.3 is 10.6 Å². The van der Waals surface area contributed by atoms with Crippen LogP contribution >= 0.6 is 12.4 Å². The van der Waals surface area contributed by atoms with Crippen LogP contribution in [0.3, 0.4) is 0 Å². The Bertz CT molecular complexity index is 528. The van der Waals surface area contributed by atoms with Gasteiger partial charge in [-0.25, -0.2) is 4.39 Å². The number of hydrogen-bond acceptors (Lipinski definition) is 4. The SMILES string of the molecule is Cl.O=C(CN1CCN(C2CCNC2)CC1)NCCc1ccc(F)cc1. The molecular formula is C18H28ClFN4O. The lowest BCUT2D eigenvalue weighted by Gasteiger charge is -2.37. The van der Waals surface area contributed by atoms with E-state index in [2.05, 4.69) is 20.4 Å². The van der Waals surface area contributed by atoms with Crippen LogP contribution in [0.2, 0.25) is 0 Å². The highest BCUT2D eigenvalue weighted by atomic mass is 35.5. The van der Waals surface area contributed by atoms with Crippen molar-refractivity contribution in [3.63, 3.8) is 0 Å². The molecule has 0 radical (unpaired) electrons. The summed E-state index contributed by atoms with van der Waals surface area (Å²) in [5.74, 6) is -0.150. The van der Waals surface area contributed by atoms with Gasteiger partial charge in [0.05, 0.1) is 6.54 Å². The van der Waals surface area contributed by atoms with Crippen molar-refractivity contribution in [2.45, 2.75) is 18.9 Å². The molecule has 2 heterocycles. The third-order valence-corrected chi connectivity index (χ3v) is 4.97. The van der Waals surface area contributed by atoms with E-state index in [1.807, 2.05) is 0 Å². The van der Waals surface area contributed by atoms with E-state index >= 15 is 0 Å². The second-order valence-electron chi connectivity index (χ2n) is 6.69. The lowest BCUT2D eigenvalue weighted by molar-refractivity contribution is -0.122. The summed E-state index contributed by atoms with van der Waals surface area (Å²) in [5.41, 5.74) is 1.04. The zero-order chi connectivity index (χ0) is 16.8. The van der Waals surface area contributed by atoms with Gasteiger partial charge in [-0.1, -0.05) is 12.1 Å². The number of nitrogens with zero attached hydrogens (tertiary/aromatic N) is 2. The highest BCUT2D eigenvalue weighted by molar-refractivity contribution is 5.85. The molecule has 2 aliphatic heterocycles. The monoisotopic (exact) mass is 370 g/mol. The average molecular weight is 371 g/mol. The Balaban J connectivity index is 0.00000225. The van der Waals surface area contributed by atoms with Gasteiger partial charge in [-0.2, -0.15) is 0 Å². The lowest BCUT2D eigenvalue weighted by Crippen LogP contribution is -2.52. The number of nitrogens with one attached hydrogen (secondary N) is 2. The van der Waals surface area contributed by atoms with Crippen LogP contribution in [0, 0.1) is 5.82 Å². The fourth-order valence-electron chi connectivity index (χ4n) is 3.49. The normalized spacial score (nSPS) is 21.7. The Morgan fingerprint density at radius 1 is 1.20 bits per heavy atom. The number of piperazine rings is 1. The van der Waals surface area contributed by atoms with Crippen molar-refractivity contribution in [3.05, 3.63) is 35.6 Å². The fourth-order valence-corrected chi connectivity index (χ4v) is 3.49. The number of hydrogen-bond donors (Lipinski definition) is 2. The van der Waals surface area contributed by atoms with Gasteiger partial charge in [0.1, 0.15) is 5.82 Å². The summed E-state index contributed by atoms with van der Waals surface area (Å²) in [7, 11) is 0. The summed E-state index contributed by atoms with van der Waals surface area (Å²) in [5, 5.41) is 6.37. The third kappa shape index (κ3) is 6.22. The molecule has 1 unspecified atom stereocenters. The van der Waals surface area contributed by atoms with E-state index in [0.29, 0.717) is 19.1 Å². The summed E-state index contributed by atoms with van der Waals surface area (Å²) in [6, 6.07) is 7.11. The Morgan fingerprint density at radius 2 is 1.92 bits per heavy atom. The first-order valence-electron chi connectivity index (χ1n) is 8.89. The van der Waals surface area contributed by atoms with Gasteiger partial charge in [-0.3, -0.25) is 14.6 Å². The quantitative estimate of drug-likeness (QED) is 0.780. The Labute approximate surface area is 155 Å². The number of benzene rings is 1. The summed E-state index contributed by atoms with van der Waals surface area (Å²) < 4.78 is 12.8. The molecule has 2 saturated heterocycles. The molecule has 1 atom stereocenters. The van der Waals surface area contributed by atoms with Gasteiger partial charge in [-0.15, -0.1) is 12.4 Å². The van der Waals surface area contributed by atoms with Gasteiger partial charge in [0.2, 0.25) is 5.91 Å². The minimum Gasteiger partial charge on any atom is -0.355 e. The van der Waals surface area contributed by atoms with Gasteiger partial charge in [0.25, 0.3) is 0 Å². The van der Waals surface area contributed by atoms with Crippen molar-refractivity contribution >= 4 is 18.3 Å². The van der Waals surface area contributed by atoms with Crippen molar-refractivity contribution in [1.82, 2.24) is 20.4 Å². The molecule has 1 amide bonds. The van der Waals surface area contributed by atoms with E-state index in [1.54, 1.807) is 12.1 Å². The van der Waals surface area contributed by atoms with Gasteiger partial charge in [-0.05, 0) is 37.1 Å². The van der Waals surface area contributed by atoms with Crippen LogP contribution < -0.4 is 10.6 Å². The summed E-state index contributed by atoms with van der Waals surface area (Å²) in [4.78, 5) is 16.8. The van der Waals surface area contributed by atoms with Crippen molar-refractivity contribution in [1.29, 1.82) is 0 Å². The molecule has 0 spiro atoms. The maximum atomic E-state index is 12.8. The van der Waals surface area contributed by atoms with E-state index in [4.69, 9.17) is 0 Å². The standard InChI is InChI=1S/C18H27FN4O.ClH/c19-16-3-1-15(2-4-16)5-8-21-18(24)14-22-9-11-23(12-10-22)17-6-7-20-13-17;/h1-4,17,20H,5-14H2,(H,21,24);1H. The van der Waals surface area contributed by atoms with E-state index < -0.39 is 0 Å². The molecule has 140 valence electrons. The maximum absolute atomic E-state index is 12.8. The van der Waals surface area contributed by atoms with Crippen molar-refractivity contribution in [3.8, 4) is 0 Å². The zero-order valence-corrected chi connectivity index (χ0v) is 15.4. The minimum atomic E-state index is -0.227. The van der Waals surface area contributed by atoms with Crippen molar-refractivity contribution < 1.29 is 9.18 Å². The number of carbonyl (C=O) groups is 1. The molecule has 25 heavy (non-hydrogen) atoms. The maximum Gasteiger partial charge on any atom is 0.234 e. The van der Waals surface area contributed by atoms with Crippen molar-refractivity contribution in [2.75, 3.05) is 52.4 Å². The fraction of sp³-hybridized carbons (Fsp3) is 0.611. The zero-order valence-electron chi connectivity index (χ0n) is 14.5. The van der Waals surface area contributed by atoms with E-state index in [-0.39, 0.29) is 24.1 Å². The summed E-state index contributed by atoms with van der Waals surface area (Å²) in [6.45, 7) is 7.32. The molecular weight excluding hydrogens is 343 g/mol. The molecule has 1 aromatic rings. The van der Waals surface area contributed by atoms with Crippen LogP contribution in [-0.2, 0) is 11.2 Å². The van der Waals surface area contributed by atoms with Crippen LogP contribution in [-0.4, -0.2) is 74.1 Å². The summed E-state index contributed by atoms with van der Waals surface area (Å²) >= 11 is 0. The molecule has 0 bridgehead atoms. The molecule has 0 aliphatic carbocycles. The highest BCUT2D eigenvalue weighted by Gasteiger charge is 2.26. The first-order chi connectivity index (χ1) is 11.7. The van der Waals surface area contributed by atoms with Crippen LogP contribution in [0.1, 0.15) is 12.0 Å². The lowest BCUT2D eigenvalue weighted by atomic mass is 10.1. The second kappa shape index (κ2) is 10.1. The molecule has 7 heteroatoms. The number of amides is 1. The molecule has 2 aliphatic rings. The Hall–Kier alpha value is -1.21. The van der Waals surface area contributed by atoms with Crippen LogP contribution in [0.5, 0.6) is 0 Å². The van der Waals surface area contributed by atoms with Crippen LogP contribution in [0.25, 0.3) is 0 Å². The van der Waals surface area contributed by atoms with E-state index in [1.165, 1.54) is 18.6 Å². The third-order valence-electron chi connectivity index (χ3n) is 4.97. The summed E-state index contributed by atoms with van der Waals surface area (Å²) in [6.07, 6.45) is 1.97. The average Bonchev–Trinajstić information content (AvgIpc) is 3.12. The first-order valence-corrected chi connectivity index (χ1v) is 8.89. The van der Waals surface area contributed by atoms with Gasteiger partial charge >= 0.3 is 0 Å². The smallest absolute Gasteiger partial charge is 0.234 e. The number of halogens is 2. The topological polar surface area (TPSA) is 47.6 Å². The number of rotatable bonds is 6. The van der Waals surface area contributed by atoms with Gasteiger partial charge in [0.15, 0.2) is 0 Å². The predicted octanol–water partition coefficient (Wildman–Crippen LogP) is 0.886. The Kier molecular flexibility index (Phi) is 8.09. The minimum absolute atomic E-state index is 0. The highest BCUT2D eigenvalue weighted by Crippen LogP contribution is 2.11. The first kappa shape index (κ1) is 20.1. The molecule has 3 rings (SSSR count). The van der Waals surface area contributed by atoms with Crippen LogP contribution in [0.4, 0.5) is 4.39 Å². The van der Waals surface area contributed by atoms with Crippen LogP contribution in [0.15, 0.2) is 24.3 Å². The predicted molar refractivity (Wildman–Crippen MR) is 99.6 cm³/mol. The molecule has 5 nitrogen and oxygen atoms in total. The molecule has 0 aromatic heterocycles. The largest absolute Gasteiger partial charge is 0.355 e. The van der Waals surface area contributed by atoms with Gasteiger partial charge in [0, 0.05) is 45.3 Å². The Morgan fingerprint density at radius 3 is 2.56 bits per heavy atom.